The van der Waals surface area contributed by atoms with Crippen molar-refractivity contribution < 1.29 is 9.72 Å². The molecular formula is C15H11N3O3. The molecule has 2 N–H and O–H groups in total. The summed E-state index contributed by atoms with van der Waals surface area (Å²) < 4.78 is 0. The summed E-state index contributed by atoms with van der Waals surface area (Å²) in [6.45, 7) is 0. The molecule has 21 heavy (non-hydrogen) atoms. The Morgan fingerprint density at radius 3 is 2.48 bits per heavy atom. The molecule has 0 unspecified atom stereocenters. The van der Waals surface area contributed by atoms with Crippen LogP contribution < -0.4 is 10.6 Å². The van der Waals surface area contributed by atoms with Crippen LogP contribution in [0.25, 0.3) is 0 Å². The Kier molecular flexibility index (Phi) is 3.12. The van der Waals surface area contributed by atoms with E-state index < -0.39 is 4.92 Å². The lowest BCUT2D eigenvalue weighted by Gasteiger charge is -1.99. The Bertz CT molecular complexity index is 754. The smallest absolute Gasteiger partial charge is 0.271 e. The maximum absolute atomic E-state index is 12.1. The van der Waals surface area contributed by atoms with Gasteiger partial charge in [-0.15, -0.1) is 0 Å². The predicted octanol–water partition coefficient (Wildman–Crippen LogP) is 3.16. The summed E-state index contributed by atoms with van der Waals surface area (Å²) in [5, 5.41) is 16.7. The summed E-state index contributed by atoms with van der Waals surface area (Å²) in [6, 6.07) is 13.3. The molecule has 1 heterocycles. The van der Waals surface area contributed by atoms with Gasteiger partial charge < -0.3 is 10.6 Å². The third-order valence-corrected chi connectivity index (χ3v) is 3.09. The van der Waals surface area contributed by atoms with Gasteiger partial charge in [0, 0.05) is 23.8 Å². The fourth-order valence-electron chi connectivity index (χ4n) is 2.07. The van der Waals surface area contributed by atoms with Crippen molar-refractivity contribution in [2.45, 2.75) is 0 Å². The lowest BCUT2D eigenvalue weighted by Crippen LogP contribution is -2.04. The predicted molar refractivity (Wildman–Crippen MR) is 79.2 cm³/mol. The summed E-state index contributed by atoms with van der Waals surface area (Å²) in [4.78, 5) is 22.3. The number of fused-ring (bicyclic) bond motifs is 1. The fraction of sp³-hybridized carbons (Fsp3) is 0. The zero-order valence-corrected chi connectivity index (χ0v) is 10.9. The molecule has 0 atom stereocenters. The van der Waals surface area contributed by atoms with E-state index in [9.17, 15) is 14.9 Å². The maximum Gasteiger partial charge on any atom is 0.271 e. The summed E-state index contributed by atoms with van der Waals surface area (Å²) in [5.41, 5.74) is 1.86. The van der Waals surface area contributed by atoms with Gasteiger partial charge in [0.05, 0.1) is 16.3 Å². The van der Waals surface area contributed by atoms with Crippen LogP contribution in [0.5, 0.6) is 0 Å². The summed E-state index contributed by atoms with van der Waals surface area (Å²) in [7, 11) is 0. The van der Waals surface area contributed by atoms with E-state index in [1.54, 1.807) is 30.3 Å². The van der Waals surface area contributed by atoms with Gasteiger partial charge in [0.15, 0.2) is 5.78 Å². The van der Waals surface area contributed by atoms with Crippen LogP contribution in [-0.2, 0) is 0 Å². The topological polar surface area (TPSA) is 84.3 Å². The minimum atomic E-state index is -0.460. The molecule has 0 aliphatic carbocycles. The lowest BCUT2D eigenvalue weighted by molar-refractivity contribution is -0.384. The third-order valence-electron chi connectivity index (χ3n) is 3.09. The van der Waals surface area contributed by atoms with Crippen LogP contribution in [-0.4, -0.2) is 10.7 Å². The Hall–Kier alpha value is -3.15. The first-order chi connectivity index (χ1) is 10.1. The highest BCUT2D eigenvalue weighted by Gasteiger charge is 2.18. The van der Waals surface area contributed by atoms with Crippen molar-refractivity contribution in [1.82, 2.24) is 0 Å². The number of nitro groups is 1. The van der Waals surface area contributed by atoms with E-state index in [-0.39, 0.29) is 11.5 Å². The van der Waals surface area contributed by atoms with Gasteiger partial charge in [-0.25, -0.2) is 0 Å². The number of nitro benzene ring substituents is 1. The molecule has 3 rings (SSSR count). The first-order valence-electron chi connectivity index (χ1n) is 6.27. The van der Waals surface area contributed by atoms with E-state index >= 15 is 0 Å². The number of nitrogens with one attached hydrogen (secondary N) is 2. The number of carbonyl (C=O) groups excluding carboxylic acids is 1. The zero-order chi connectivity index (χ0) is 14.8. The third kappa shape index (κ3) is 2.59. The van der Waals surface area contributed by atoms with Gasteiger partial charge in [0.1, 0.15) is 5.82 Å². The average molecular weight is 281 g/mol. The summed E-state index contributed by atoms with van der Waals surface area (Å²) in [6.07, 6.45) is 1.43. The van der Waals surface area contributed by atoms with Gasteiger partial charge in [-0.2, -0.15) is 0 Å². The molecular weight excluding hydrogens is 270 g/mol. The van der Waals surface area contributed by atoms with Crippen LogP contribution >= 0.6 is 0 Å². The van der Waals surface area contributed by atoms with Crippen LogP contribution in [0.2, 0.25) is 0 Å². The Morgan fingerprint density at radius 2 is 1.76 bits per heavy atom. The second-order valence-corrected chi connectivity index (χ2v) is 4.53. The molecule has 0 radical (unpaired) electrons. The highest BCUT2D eigenvalue weighted by molar-refractivity contribution is 6.06. The molecule has 0 amide bonds. The molecule has 6 heteroatoms. The normalized spacial score (nSPS) is 14.2. The zero-order valence-electron chi connectivity index (χ0n) is 10.9. The van der Waals surface area contributed by atoms with Gasteiger partial charge in [-0.1, -0.05) is 30.3 Å². The van der Waals surface area contributed by atoms with Gasteiger partial charge in [0.25, 0.3) is 5.69 Å². The second kappa shape index (κ2) is 5.09. The van der Waals surface area contributed by atoms with Crippen LogP contribution in [0.1, 0.15) is 10.4 Å². The summed E-state index contributed by atoms with van der Waals surface area (Å²) in [5.74, 6) is 0.354. The molecule has 0 saturated carbocycles. The van der Waals surface area contributed by atoms with E-state index in [1.807, 2.05) is 6.07 Å². The molecule has 0 spiro atoms. The molecule has 1 aliphatic rings. The SMILES string of the molecule is O=C(C=C1Nc2ccc([N+](=O)[O-])cc2N1)c1ccccc1. The van der Waals surface area contributed by atoms with Crippen LogP contribution in [0.3, 0.4) is 0 Å². The molecule has 0 fully saturated rings. The van der Waals surface area contributed by atoms with Crippen LogP contribution in [0.15, 0.2) is 60.4 Å². The first kappa shape index (κ1) is 12.9. The minimum absolute atomic E-state index is 0.00122. The number of ketones is 1. The van der Waals surface area contributed by atoms with Crippen LogP contribution in [0, 0.1) is 10.1 Å². The maximum atomic E-state index is 12.1. The second-order valence-electron chi connectivity index (χ2n) is 4.53. The molecule has 2 aromatic carbocycles. The molecule has 6 nitrogen and oxygen atoms in total. The van der Waals surface area contributed by atoms with E-state index in [1.165, 1.54) is 18.2 Å². The van der Waals surface area contributed by atoms with E-state index in [4.69, 9.17) is 0 Å². The molecule has 0 saturated heterocycles. The summed E-state index contributed by atoms with van der Waals surface area (Å²) >= 11 is 0. The Morgan fingerprint density at radius 1 is 1.05 bits per heavy atom. The number of allylic oxidation sites excluding steroid dienone is 1. The van der Waals surface area contributed by atoms with E-state index in [0.29, 0.717) is 22.8 Å². The van der Waals surface area contributed by atoms with Crippen molar-refractivity contribution in [3.8, 4) is 0 Å². The Balaban J connectivity index is 1.83. The number of rotatable bonds is 3. The van der Waals surface area contributed by atoms with Crippen molar-refractivity contribution in [3.63, 3.8) is 0 Å². The first-order valence-corrected chi connectivity index (χ1v) is 6.27. The fourth-order valence-corrected chi connectivity index (χ4v) is 2.07. The number of nitrogens with zero attached hydrogens (tertiary/aromatic N) is 1. The van der Waals surface area contributed by atoms with Crippen molar-refractivity contribution in [3.05, 3.63) is 76.1 Å². The molecule has 1 aliphatic heterocycles. The number of non-ortho nitro benzene ring substituents is 1. The minimum Gasteiger partial charge on any atom is -0.340 e. The Labute approximate surface area is 120 Å². The monoisotopic (exact) mass is 281 g/mol. The molecule has 0 aromatic heterocycles. The molecule has 2 aromatic rings. The van der Waals surface area contributed by atoms with E-state index in [0.717, 1.165) is 0 Å². The lowest BCUT2D eigenvalue weighted by atomic mass is 10.1. The van der Waals surface area contributed by atoms with Gasteiger partial charge in [-0.05, 0) is 6.07 Å². The highest BCUT2D eigenvalue weighted by Crippen LogP contribution is 2.33. The van der Waals surface area contributed by atoms with Crippen molar-refractivity contribution in [2.75, 3.05) is 10.6 Å². The average Bonchev–Trinajstić information content (AvgIpc) is 2.89. The van der Waals surface area contributed by atoms with E-state index in [2.05, 4.69) is 10.6 Å². The van der Waals surface area contributed by atoms with Gasteiger partial charge in [-0.3, -0.25) is 14.9 Å². The number of anilines is 2. The van der Waals surface area contributed by atoms with Crippen molar-refractivity contribution in [2.24, 2.45) is 0 Å². The molecule has 0 bridgehead atoms. The number of hydrogen-bond donors (Lipinski definition) is 2. The number of hydrogen-bond acceptors (Lipinski definition) is 5. The highest BCUT2D eigenvalue weighted by atomic mass is 16.6. The quantitative estimate of drug-likeness (QED) is 0.391. The standard InChI is InChI=1S/C15H11N3O3/c19-14(10-4-2-1-3-5-10)9-15-16-12-7-6-11(18(20)21)8-13(12)17-15/h1-9,16-17H. The van der Waals surface area contributed by atoms with Crippen LogP contribution in [0.4, 0.5) is 17.1 Å². The van der Waals surface area contributed by atoms with Crippen molar-refractivity contribution >= 4 is 22.8 Å². The van der Waals surface area contributed by atoms with Gasteiger partial charge >= 0.3 is 0 Å². The molecule has 104 valence electrons. The number of carbonyl (C=O) groups is 1. The largest absolute Gasteiger partial charge is 0.340 e. The number of benzene rings is 2. The van der Waals surface area contributed by atoms with Gasteiger partial charge in [0.2, 0.25) is 0 Å². The van der Waals surface area contributed by atoms with Crippen molar-refractivity contribution in [1.29, 1.82) is 0 Å².